The number of allylic oxidation sites excluding steroid dienone is 4. The highest BCUT2D eigenvalue weighted by Crippen LogP contribution is 2.26. The number of nitrogens with one attached hydrogen (secondary N) is 2. The minimum absolute atomic E-state index is 0.146. The van der Waals surface area contributed by atoms with E-state index in [-0.39, 0.29) is 10.7 Å². The average Bonchev–Trinajstić information content (AvgIpc) is 2.67. The van der Waals surface area contributed by atoms with Gasteiger partial charge in [0.2, 0.25) is 0 Å². The predicted molar refractivity (Wildman–Crippen MR) is 115 cm³/mol. The number of nitrogens with zero attached hydrogens (tertiary/aromatic N) is 2. The Labute approximate surface area is 165 Å². The Bertz CT molecular complexity index is 1150. The van der Waals surface area contributed by atoms with E-state index in [4.69, 9.17) is 0 Å². The van der Waals surface area contributed by atoms with Crippen molar-refractivity contribution in [2.45, 2.75) is 20.8 Å². The molecule has 3 aromatic rings. The molecule has 0 spiro atoms. The van der Waals surface area contributed by atoms with Crippen LogP contribution in [0, 0.1) is 0 Å². The first-order valence-electron chi connectivity index (χ1n) is 8.78. The molecular formula is C21H22N4O2S. The standard InChI is InChI=1S/C21H22N4O2S/c1-15(2)13-14-16(3)28(26,27)25-21-20(22-17-9-5-4-6-10-17)23-18-11-7-8-12-19(18)24-21/h4-14H,1-3H3,(H,22,23)(H,24,25)/b16-14+. The van der Waals surface area contributed by atoms with E-state index in [9.17, 15) is 8.42 Å². The monoisotopic (exact) mass is 394 g/mol. The number of hydrogen-bond acceptors (Lipinski definition) is 5. The first-order chi connectivity index (χ1) is 13.3. The summed E-state index contributed by atoms with van der Waals surface area (Å²) in [5, 5.41) is 3.14. The van der Waals surface area contributed by atoms with Crippen LogP contribution in [0.5, 0.6) is 0 Å². The fraction of sp³-hybridized carbons (Fsp3) is 0.143. The average molecular weight is 395 g/mol. The second-order valence-electron chi connectivity index (χ2n) is 6.53. The highest BCUT2D eigenvalue weighted by atomic mass is 32.2. The van der Waals surface area contributed by atoms with Crippen LogP contribution in [0.2, 0.25) is 0 Å². The van der Waals surface area contributed by atoms with Gasteiger partial charge in [-0.2, -0.15) is 0 Å². The van der Waals surface area contributed by atoms with Gasteiger partial charge in [-0.25, -0.2) is 18.4 Å². The number of sulfonamides is 1. The maximum Gasteiger partial charge on any atom is 0.259 e. The Morgan fingerprint density at radius 2 is 1.39 bits per heavy atom. The van der Waals surface area contributed by atoms with Crippen LogP contribution in [0.3, 0.4) is 0 Å². The van der Waals surface area contributed by atoms with Gasteiger partial charge in [0.15, 0.2) is 11.6 Å². The summed E-state index contributed by atoms with van der Waals surface area (Å²) in [7, 11) is -3.77. The molecule has 0 radical (unpaired) electrons. The SMILES string of the molecule is CC(C)=C/C=C(\C)S(=O)(=O)Nc1nc2ccccc2nc1Nc1ccccc1. The topological polar surface area (TPSA) is 84.0 Å². The van der Waals surface area contributed by atoms with Crippen LogP contribution in [0.25, 0.3) is 11.0 Å². The Hall–Kier alpha value is -3.19. The maximum absolute atomic E-state index is 12.7. The van der Waals surface area contributed by atoms with Gasteiger partial charge >= 0.3 is 0 Å². The molecule has 0 amide bonds. The van der Waals surface area contributed by atoms with Gasteiger partial charge in [-0.3, -0.25) is 4.72 Å². The third-order valence-corrected chi connectivity index (χ3v) is 5.36. The van der Waals surface area contributed by atoms with Crippen LogP contribution >= 0.6 is 0 Å². The van der Waals surface area contributed by atoms with Gasteiger partial charge in [0.1, 0.15) is 0 Å². The van der Waals surface area contributed by atoms with Crippen molar-refractivity contribution >= 4 is 38.4 Å². The van der Waals surface area contributed by atoms with Crippen molar-refractivity contribution in [3.05, 3.63) is 77.2 Å². The van der Waals surface area contributed by atoms with Crippen LogP contribution in [0.15, 0.2) is 77.2 Å². The largest absolute Gasteiger partial charge is 0.337 e. The number of anilines is 3. The molecule has 0 fully saturated rings. The summed E-state index contributed by atoms with van der Waals surface area (Å²) < 4.78 is 28.1. The van der Waals surface area contributed by atoms with E-state index in [0.29, 0.717) is 16.9 Å². The van der Waals surface area contributed by atoms with E-state index in [1.165, 1.54) is 0 Å². The maximum atomic E-state index is 12.7. The van der Waals surface area contributed by atoms with E-state index < -0.39 is 10.0 Å². The lowest BCUT2D eigenvalue weighted by molar-refractivity contribution is 0.606. The highest BCUT2D eigenvalue weighted by Gasteiger charge is 2.18. The summed E-state index contributed by atoms with van der Waals surface area (Å²) in [6.07, 6.45) is 3.32. The molecule has 0 saturated heterocycles. The van der Waals surface area contributed by atoms with Crippen molar-refractivity contribution < 1.29 is 8.42 Å². The summed E-state index contributed by atoms with van der Waals surface area (Å²) >= 11 is 0. The lowest BCUT2D eigenvalue weighted by atomic mass is 10.3. The Morgan fingerprint density at radius 1 is 0.821 bits per heavy atom. The minimum Gasteiger partial charge on any atom is -0.337 e. The lowest BCUT2D eigenvalue weighted by Crippen LogP contribution is -2.16. The van der Waals surface area contributed by atoms with E-state index in [2.05, 4.69) is 20.0 Å². The molecule has 0 atom stereocenters. The first kappa shape index (κ1) is 19.6. The summed E-state index contributed by atoms with van der Waals surface area (Å²) in [4.78, 5) is 9.22. The van der Waals surface area contributed by atoms with Crippen molar-refractivity contribution in [3.63, 3.8) is 0 Å². The van der Waals surface area contributed by atoms with Gasteiger partial charge < -0.3 is 5.32 Å². The number of benzene rings is 2. The fourth-order valence-electron chi connectivity index (χ4n) is 2.40. The third kappa shape index (κ3) is 4.75. The summed E-state index contributed by atoms with van der Waals surface area (Å²) in [5.74, 6) is 0.482. The zero-order valence-corrected chi connectivity index (χ0v) is 16.8. The summed E-state index contributed by atoms with van der Waals surface area (Å²) in [6.45, 7) is 5.35. The Kier molecular flexibility index (Phi) is 5.75. The van der Waals surface area contributed by atoms with E-state index in [0.717, 1.165) is 11.3 Å². The molecule has 0 unspecified atom stereocenters. The fourth-order valence-corrected chi connectivity index (χ4v) is 3.20. The number of rotatable bonds is 6. The normalized spacial score (nSPS) is 11.9. The molecule has 0 bridgehead atoms. The highest BCUT2D eigenvalue weighted by molar-refractivity contribution is 7.96. The molecule has 0 aliphatic rings. The van der Waals surface area contributed by atoms with Crippen LogP contribution in [0.4, 0.5) is 17.3 Å². The van der Waals surface area contributed by atoms with Crippen LogP contribution in [0.1, 0.15) is 20.8 Å². The van der Waals surface area contributed by atoms with E-state index in [1.807, 2.05) is 62.4 Å². The third-order valence-electron chi connectivity index (χ3n) is 3.91. The number of fused-ring (bicyclic) bond motifs is 1. The summed E-state index contributed by atoms with van der Waals surface area (Å²) in [6, 6.07) is 16.7. The number of aromatic nitrogens is 2. The van der Waals surface area contributed by atoms with Gasteiger partial charge in [0.25, 0.3) is 10.0 Å². The predicted octanol–water partition coefficient (Wildman–Crippen LogP) is 4.99. The van der Waals surface area contributed by atoms with Crippen molar-refractivity contribution in [1.29, 1.82) is 0 Å². The molecule has 2 aromatic carbocycles. The molecule has 6 nitrogen and oxygen atoms in total. The van der Waals surface area contributed by atoms with Crippen molar-refractivity contribution in [1.82, 2.24) is 9.97 Å². The Balaban J connectivity index is 2.04. The van der Waals surface area contributed by atoms with E-state index in [1.54, 1.807) is 25.1 Å². The van der Waals surface area contributed by atoms with Gasteiger partial charge in [-0.15, -0.1) is 0 Å². The minimum atomic E-state index is -3.77. The Morgan fingerprint density at radius 3 is 2.00 bits per heavy atom. The quantitative estimate of drug-likeness (QED) is 0.576. The zero-order chi connectivity index (χ0) is 20.1. The molecule has 28 heavy (non-hydrogen) atoms. The second-order valence-corrected chi connectivity index (χ2v) is 8.38. The van der Waals surface area contributed by atoms with Crippen molar-refractivity contribution in [3.8, 4) is 0 Å². The molecule has 1 heterocycles. The molecule has 2 N–H and O–H groups in total. The summed E-state index contributed by atoms with van der Waals surface area (Å²) in [5.41, 5.74) is 3.06. The van der Waals surface area contributed by atoms with Crippen LogP contribution < -0.4 is 10.0 Å². The van der Waals surface area contributed by atoms with Gasteiger partial charge in [0.05, 0.1) is 15.9 Å². The van der Waals surface area contributed by atoms with Crippen LogP contribution in [-0.4, -0.2) is 18.4 Å². The number of para-hydroxylation sites is 3. The van der Waals surface area contributed by atoms with Crippen molar-refractivity contribution in [2.24, 2.45) is 0 Å². The molecule has 0 aliphatic carbocycles. The molecule has 144 valence electrons. The molecule has 7 heteroatoms. The smallest absolute Gasteiger partial charge is 0.259 e. The molecule has 0 saturated carbocycles. The lowest BCUT2D eigenvalue weighted by Gasteiger charge is -2.14. The molecule has 3 rings (SSSR count). The zero-order valence-electron chi connectivity index (χ0n) is 16.0. The molecule has 1 aromatic heterocycles. The second kappa shape index (κ2) is 8.22. The van der Waals surface area contributed by atoms with E-state index >= 15 is 0 Å². The van der Waals surface area contributed by atoms with Gasteiger partial charge in [-0.1, -0.05) is 42.0 Å². The first-order valence-corrected chi connectivity index (χ1v) is 10.3. The van der Waals surface area contributed by atoms with Gasteiger partial charge in [0, 0.05) is 5.69 Å². The molecule has 0 aliphatic heterocycles. The van der Waals surface area contributed by atoms with Gasteiger partial charge in [-0.05, 0) is 51.1 Å². The van der Waals surface area contributed by atoms with Crippen LogP contribution in [-0.2, 0) is 10.0 Å². The van der Waals surface area contributed by atoms with Crippen molar-refractivity contribution in [2.75, 3.05) is 10.0 Å². The molecular weight excluding hydrogens is 372 g/mol. The number of hydrogen-bond donors (Lipinski definition) is 2.